The number of nitrogens with zero attached hydrogens (tertiary/aromatic N) is 2. The van der Waals surface area contributed by atoms with Crippen LogP contribution in [0.1, 0.15) is 23.9 Å². The number of nitrogens with one attached hydrogen (secondary N) is 2. The summed E-state index contributed by atoms with van der Waals surface area (Å²) in [5.74, 6) is 0. The summed E-state index contributed by atoms with van der Waals surface area (Å²) in [6.07, 6.45) is 0. The number of hydrogen-bond acceptors (Lipinski definition) is 2. The predicted octanol–water partition coefficient (Wildman–Crippen LogP) is 3.51. The fraction of sp³-hybridized carbons (Fsp3) is 0.333. The molecule has 2 aromatic rings. The average molecular weight is 323 g/mol. The van der Waals surface area contributed by atoms with Crippen molar-refractivity contribution in [1.82, 2.24) is 15.1 Å². The van der Waals surface area contributed by atoms with Crippen molar-refractivity contribution in [2.45, 2.75) is 27.3 Å². The topological polar surface area (TPSA) is 41.9 Å². The molecule has 4 nitrogen and oxygen atoms in total. The van der Waals surface area contributed by atoms with Gasteiger partial charge in [0.2, 0.25) is 0 Å². The van der Waals surface area contributed by atoms with Gasteiger partial charge in [-0.1, -0.05) is 23.7 Å². The van der Waals surface area contributed by atoms with E-state index in [0.717, 1.165) is 34.2 Å². The van der Waals surface area contributed by atoms with E-state index in [9.17, 15) is 0 Å². The molecule has 1 aromatic heterocycles. The number of halogens is 1. The SMILES string of the molecule is CCNC(=S)Nc1c(C)nn(Cc2cccc(Cl)c2)c1C. The minimum absolute atomic E-state index is 0.617. The van der Waals surface area contributed by atoms with E-state index < -0.39 is 0 Å². The van der Waals surface area contributed by atoms with Crippen LogP contribution in [0.25, 0.3) is 0 Å². The maximum absolute atomic E-state index is 6.02. The van der Waals surface area contributed by atoms with E-state index in [0.29, 0.717) is 11.7 Å². The maximum Gasteiger partial charge on any atom is 0.170 e. The average Bonchev–Trinajstić information content (AvgIpc) is 2.67. The van der Waals surface area contributed by atoms with Crippen LogP contribution in [0, 0.1) is 13.8 Å². The molecule has 6 heteroatoms. The first-order valence-electron chi connectivity index (χ1n) is 6.84. The minimum Gasteiger partial charge on any atom is -0.363 e. The molecule has 0 saturated carbocycles. The molecule has 112 valence electrons. The number of anilines is 1. The van der Waals surface area contributed by atoms with Crippen LogP contribution in [-0.4, -0.2) is 21.4 Å². The van der Waals surface area contributed by atoms with Crippen molar-refractivity contribution in [3.63, 3.8) is 0 Å². The highest BCUT2D eigenvalue weighted by molar-refractivity contribution is 7.80. The van der Waals surface area contributed by atoms with Gasteiger partial charge in [0.25, 0.3) is 0 Å². The van der Waals surface area contributed by atoms with Gasteiger partial charge in [-0.15, -0.1) is 0 Å². The molecule has 0 fully saturated rings. The minimum atomic E-state index is 0.617. The Kier molecular flexibility index (Phi) is 5.20. The summed E-state index contributed by atoms with van der Waals surface area (Å²) in [5.41, 5.74) is 4.05. The largest absolute Gasteiger partial charge is 0.363 e. The Morgan fingerprint density at radius 1 is 1.38 bits per heavy atom. The fourth-order valence-electron chi connectivity index (χ4n) is 2.16. The first-order valence-corrected chi connectivity index (χ1v) is 7.63. The zero-order valence-corrected chi connectivity index (χ0v) is 14.0. The third-order valence-electron chi connectivity index (χ3n) is 3.18. The Hall–Kier alpha value is -1.59. The van der Waals surface area contributed by atoms with E-state index >= 15 is 0 Å². The molecule has 0 aliphatic heterocycles. The first-order chi connectivity index (χ1) is 10.0. The molecule has 0 aliphatic rings. The number of aryl methyl sites for hydroxylation is 1. The summed E-state index contributed by atoms with van der Waals surface area (Å²) in [4.78, 5) is 0. The van der Waals surface area contributed by atoms with Crippen LogP contribution in [0.3, 0.4) is 0 Å². The number of aromatic nitrogens is 2. The molecule has 0 saturated heterocycles. The molecule has 0 spiro atoms. The van der Waals surface area contributed by atoms with E-state index in [1.807, 2.05) is 49.7 Å². The quantitative estimate of drug-likeness (QED) is 0.845. The zero-order chi connectivity index (χ0) is 15.4. The Bertz CT molecular complexity index is 651. The number of thiocarbonyl (C=S) groups is 1. The van der Waals surface area contributed by atoms with Gasteiger partial charge < -0.3 is 10.6 Å². The van der Waals surface area contributed by atoms with Crippen molar-refractivity contribution >= 4 is 34.6 Å². The molecule has 1 heterocycles. The molecule has 2 rings (SSSR count). The Morgan fingerprint density at radius 3 is 2.81 bits per heavy atom. The highest BCUT2D eigenvalue weighted by Gasteiger charge is 2.12. The van der Waals surface area contributed by atoms with Gasteiger partial charge in [-0.3, -0.25) is 4.68 Å². The summed E-state index contributed by atoms with van der Waals surface area (Å²) in [6.45, 7) is 7.49. The molecule has 1 aromatic carbocycles. The first kappa shape index (κ1) is 15.8. The maximum atomic E-state index is 6.02. The monoisotopic (exact) mass is 322 g/mol. The smallest absolute Gasteiger partial charge is 0.170 e. The zero-order valence-electron chi connectivity index (χ0n) is 12.4. The molecule has 0 unspecified atom stereocenters. The molecule has 2 N–H and O–H groups in total. The lowest BCUT2D eigenvalue weighted by Gasteiger charge is -2.09. The Morgan fingerprint density at radius 2 is 2.14 bits per heavy atom. The molecule has 0 aliphatic carbocycles. The van der Waals surface area contributed by atoms with Gasteiger partial charge in [0.15, 0.2) is 5.11 Å². The van der Waals surface area contributed by atoms with Crippen molar-refractivity contribution < 1.29 is 0 Å². The van der Waals surface area contributed by atoms with Gasteiger partial charge in [-0.2, -0.15) is 5.10 Å². The van der Waals surface area contributed by atoms with Gasteiger partial charge in [0.1, 0.15) is 0 Å². The van der Waals surface area contributed by atoms with Crippen LogP contribution >= 0.6 is 23.8 Å². The summed E-state index contributed by atoms with van der Waals surface area (Å²) in [6, 6.07) is 7.81. The van der Waals surface area contributed by atoms with E-state index in [2.05, 4.69) is 15.7 Å². The van der Waals surface area contributed by atoms with Crippen molar-refractivity contribution in [3.05, 3.63) is 46.2 Å². The van der Waals surface area contributed by atoms with Crippen LogP contribution in [0.4, 0.5) is 5.69 Å². The summed E-state index contributed by atoms with van der Waals surface area (Å²) < 4.78 is 1.96. The lowest BCUT2D eigenvalue weighted by atomic mass is 10.2. The summed E-state index contributed by atoms with van der Waals surface area (Å²) >= 11 is 11.3. The van der Waals surface area contributed by atoms with Crippen molar-refractivity contribution in [1.29, 1.82) is 0 Å². The summed E-state index contributed by atoms with van der Waals surface area (Å²) in [5, 5.41) is 12.2. The van der Waals surface area contributed by atoms with E-state index in [4.69, 9.17) is 23.8 Å². The fourth-order valence-corrected chi connectivity index (χ4v) is 2.62. The van der Waals surface area contributed by atoms with Crippen LogP contribution in [-0.2, 0) is 6.54 Å². The van der Waals surface area contributed by atoms with E-state index in [1.54, 1.807) is 0 Å². The molecule has 21 heavy (non-hydrogen) atoms. The highest BCUT2D eigenvalue weighted by Crippen LogP contribution is 2.21. The summed E-state index contributed by atoms with van der Waals surface area (Å²) in [7, 11) is 0. The molecule has 0 amide bonds. The van der Waals surface area contributed by atoms with Gasteiger partial charge in [0.05, 0.1) is 23.6 Å². The molecule has 0 atom stereocenters. The molecule has 0 radical (unpaired) electrons. The Labute approximate surface area is 135 Å². The van der Waals surface area contributed by atoms with E-state index in [1.165, 1.54) is 0 Å². The van der Waals surface area contributed by atoms with Gasteiger partial charge >= 0.3 is 0 Å². The second-order valence-corrected chi connectivity index (χ2v) is 5.66. The van der Waals surface area contributed by atoms with Gasteiger partial charge in [0, 0.05) is 11.6 Å². The third kappa shape index (κ3) is 3.95. The highest BCUT2D eigenvalue weighted by atomic mass is 35.5. The molecule has 0 bridgehead atoms. The van der Waals surface area contributed by atoms with Gasteiger partial charge in [-0.25, -0.2) is 0 Å². The van der Waals surface area contributed by atoms with Crippen molar-refractivity contribution in [3.8, 4) is 0 Å². The number of hydrogen-bond donors (Lipinski definition) is 2. The van der Waals surface area contributed by atoms with E-state index in [-0.39, 0.29) is 0 Å². The molecular weight excluding hydrogens is 304 g/mol. The van der Waals surface area contributed by atoms with Crippen molar-refractivity contribution in [2.75, 3.05) is 11.9 Å². The third-order valence-corrected chi connectivity index (χ3v) is 3.66. The number of rotatable bonds is 4. The van der Waals surface area contributed by atoms with Crippen molar-refractivity contribution in [2.24, 2.45) is 0 Å². The lowest BCUT2D eigenvalue weighted by Crippen LogP contribution is -2.28. The Balaban J connectivity index is 2.20. The second kappa shape index (κ2) is 6.91. The standard InChI is InChI=1S/C15H19ClN4S/c1-4-17-15(21)18-14-10(2)19-20(11(14)3)9-12-6-5-7-13(16)8-12/h5-8H,4,9H2,1-3H3,(H2,17,18,21). The number of benzene rings is 1. The molecular formula is C15H19ClN4S. The second-order valence-electron chi connectivity index (χ2n) is 4.82. The van der Waals surface area contributed by atoms with Gasteiger partial charge in [-0.05, 0) is 50.7 Å². The van der Waals surface area contributed by atoms with Crippen LogP contribution in [0.5, 0.6) is 0 Å². The lowest BCUT2D eigenvalue weighted by molar-refractivity contribution is 0.659. The predicted molar refractivity (Wildman–Crippen MR) is 92.2 cm³/mol. The van der Waals surface area contributed by atoms with Crippen LogP contribution in [0.15, 0.2) is 24.3 Å². The normalized spacial score (nSPS) is 10.5. The van der Waals surface area contributed by atoms with Crippen LogP contribution < -0.4 is 10.6 Å². The van der Waals surface area contributed by atoms with Crippen LogP contribution in [0.2, 0.25) is 5.02 Å².